The van der Waals surface area contributed by atoms with Crippen molar-refractivity contribution in [3.05, 3.63) is 41.9 Å². The Labute approximate surface area is 154 Å². The molecule has 3 rings (SSSR count). The van der Waals surface area contributed by atoms with Crippen LogP contribution in [-0.4, -0.2) is 59.9 Å². The molecule has 1 saturated heterocycles. The Balaban J connectivity index is 1.85. The highest BCUT2D eigenvalue weighted by Crippen LogP contribution is 2.24. The highest BCUT2D eigenvalue weighted by molar-refractivity contribution is 6.13. The Bertz CT molecular complexity index is 783. The minimum absolute atomic E-state index is 0.0588. The standard InChI is InChI=1S/C19H26N6O/c1-13(2)26-14-4-5-16(20)15(10-14)19(21)17-11-18(23-12-22-17)25-8-6-24(3)7-9-25/h4-5,10-13,21H,6-9,20H2,1-3H3. The number of aromatic nitrogens is 2. The van der Waals surface area contributed by atoms with Gasteiger partial charge in [0.2, 0.25) is 0 Å². The zero-order chi connectivity index (χ0) is 18.7. The number of hydrogen-bond acceptors (Lipinski definition) is 7. The molecule has 26 heavy (non-hydrogen) atoms. The molecule has 3 N–H and O–H groups in total. The molecule has 0 atom stereocenters. The van der Waals surface area contributed by atoms with E-state index in [4.69, 9.17) is 15.9 Å². The summed E-state index contributed by atoms with van der Waals surface area (Å²) in [6.45, 7) is 7.76. The predicted molar refractivity (Wildman–Crippen MR) is 104 cm³/mol. The number of rotatable bonds is 5. The number of benzene rings is 1. The normalized spacial score (nSPS) is 15.3. The fraction of sp³-hybridized carbons (Fsp3) is 0.421. The van der Waals surface area contributed by atoms with Crippen molar-refractivity contribution in [1.82, 2.24) is 14.9 Å². The first kappa shape index (κ1) is 18.1. The molecule has 0 radical (unpaired) electrons. The third-order valence-corrected chi connectivity index (χ3v) is 4.40. The lowest BCUT2D eigenvalue weighted by Crippen LogP contribution is -2.44. The van der Waals surface area contributed by atoms with E-state index in [0.717, 1.165) is 32.0 Å². The van der Waals surface area contributed by atoms with E-state index >= 15 is 0 Å². The maximum Gasteiger partial charge on any atom is 0.132 e. The van der Waals surface area contributed by atoms with Gasteiger partial charge in [-0.2, -0.15) is 0 Å². The van der Waals surface area contributed by atoms with Gasteiger partial charge in [-0.3, -0.25) is 5.41 Å². The van der Waals surface area contributed by atoms with Crippen LogP contribution in [0.15, 0.2) is 30.6 Å². The van der Waals surface area contributed by atoms with E-state index in [1.54, 1.807) is 12.1 Å². The Kier molecular flexibility index (Phi) is 5.37. The molecule has 0 unspecified atom stereocenters. The number of nitrogens with zero attached hydrogens (tertiary/aromatic N) is 4. The van der Waals surface area contributed by atoms with Crippen LogP contribution in [0.2, 0.25) is 0 Å². The molecular weight excluding hydrogens is 328 g/mol. The minimum atomic E-state index is 0.0588. The molecule has 0 amide bonds. The second kappa shape index (κ2) is 7.70. The van der Waals surface area contributed by atoms with Gasteiger partial charge in [-0.25, -0.2) is 9.97 Å². The van der Waals surface area contributed by atoms with Gasteiger partial charge in [-0.05, 0) is 39.1 Å². The number of ether oxygens (including phenoxy) is 1. The Morgan fingerprint density at radius 3 is 2.58 bits per heavy atom. The number of nitrogens with one attached hydrogen (secondary N) is 1. The van der Waals surface area contributed by atoms with Gasteiger partial charge in [-0.1, -0.05) is 0 Å². The summed E-state index contributed by atoms with van der Waals surface area (Å²) in [6.07, 6.45) is 1.57. The number of nitrogens with two attached hydrogens (primary N) is 1. The van der Waals surface area contributed by atoms with Crippen molar-refractivity contribution in [3.63, 3.8) is 0 Å². The topological polar surface area (TPSA) is 91.4 Å². The van der Waals surface area contributed by atoms with Gasteiger partial charge in [0.05, 0.1) is 17.5 Å². The summed E-state index contributed by atoms with van der Waals surface area (Å²) in [5, 5.41) is 8.58. The molecule has 1 aromatic heterocycles. The summed E-state index contributed by atoms with van der Waals surface area (Å²) in [5.41, 5.74) is 8.08. The molecule has 7 nitrogen and oxygen atoms in total. The van der Waals surface area contributed by atoms with Crippen LogP contribution in [0.1, 0.15) is 25.1 Å². The summed E-state index contributed by atoms with van der Waals surface area (Å²) >= 11 is 0. The van der Waals surface area contributed by atoms with Crippen molar-refractivity contribution in [2.45, 2.75) is 20.0 Å². The summed E-state index contributed by atoms with van der Waals surface area (Å²) in [6, 6.07) is 7.25. The van der Waals surface area contributed by atoms with Crippen molar-refractivity contribution in [2.75, 3.05) is 43.9 Å². The van der Waals surface area contributed by atoms with Gasteiger partial charge in [0.1, 0.15) is 17.9 Å². The molecule has 0 bridgehead atoms. The van der Waals surface area contributed by atoms with Crippen molar-refractivity contribution >= 4 is 17.2 Å². The molecule has 0 spiro atoms. The smallest absolute Gasteiger partial charge is 0.132 e. The lowest BCUT2D eigenvalue weighted by molar-refractivity contribution is 0.242. The average molecular weight is 354 g/mol. The quantitative estimate of drug-likeness (QED) is 0.630. The van der Waals surface area contributed by atoms with Crippen LogP contribution in [0.5, 0.6) is 5.75 Å². The first-order valence-electron chi connectivity index (χ1n) is 8.85. The molecule has 2 heterocycles. The van der Waals surface area contributed by atoms with Gasteiger partial charge < -0.3 is 20.3 Å². The largest absolute Gasteiger partial charge is 0.491 e. The molecule has 0 aliphatic carbocycles. The molecule has 1 aromatic carbocycles. The maximum atomic E-state index is 8.58. The second-order valence-electron chi connectivity index (χ2n) is 6.84. The summed E-state index contributed by atoms with van der Waals surface area (Å²) < 4.78 is 5.73. The van der Waals surface area contributed by atoms with Gasteiger partial charge in [0, 0.05) is 43.5 Å². The van der Waals surface area contributed by atoms with Gasteiger partial charge in [-0.15, -0.1) is 0 Å². The van der Waals surface area contributed by atoms with Crippen LogP contribution in [0.3, 0.4) is 0 Å². The number of anilines is 2. The Morgan fingerprint density at radius 2 is 1.88 bits per heavy atom. The first-order valence-corrected chi connectivity index (χ1v) is 8.85. The summed E-state index contributed by atoms with van der Waals surface area (Å²) in [7, 11) is 2.12. The average Bonchev–Trinajstić information content (AvgIpc) is 2.63. The monoisotopic (exact) mass is 354 g/mol. The fourth-order valence-corrected chi connectivity index (χ4v) is 2.93. The second-order valence-corrected chi connectivity index (χ2v) is 6.84. The van der Waals surface area contributed by atoms with Crippen LogP contribution in [-0.2, 0) is 0 Å². The first-order chi connectivity index (χ1) is 12.4. The third kappa shape index (κ3) is 4.11. The van der Waals surface area contributed by atoms with Crippen molar-refractivity contribution < 1.29 is 4.74 Å². The molecule has 0 saturated carbocycles. The van der Waals surface area contributed by atoms with E-state index < -0.39 is 0 Å². The molecule has 7 heteroatoms. The predicted octanol–water partition coefficient (Wildman–Crippen LogP) is 2.01. The zero-order valence-corrected chi connectivity index (χ0v) is 15.6. The Morgan fingerprint density at radius 1 is 1.15 bits per heavy atom. The van der Waals surface area contributed by atoms with E-state index in [9.17, 15) is 0 Å². The molecule has 2 aromatic rings. The van der Waals surface area contributed by atoms with E-state index in [0.29, 0.717) is 22.7 Å². The molecule has 1 fully saturated rings. The molecule has 1 aliphatic rings. The van der Waals surface area contributed by atoms with Gasteiger partial charge in [0.15, 0.2) is 0 Å². The van der Waals surface area contributed by atoms with E-state index in [1.165, 1.54) is 6.33 Å². The van der Waals surface area contributed by atoms with Crippen molar-refractivity contribution in [2.24, 2.45) is 0 Å². The lowest BCUT2D eigenvalue weighted by Gasteiger charge is -2.33. The lowest BCUT2D eigenvalue weighted by atomic mass is 10.0. The number of piperazine rings is 1. The van der Waals surface area contributed by atoms with Crippen LogP contribution in [0.4, 0.5) is 11.5 Å². The SMILES string of the molecule is CC(C)Oc1ccc(N)c(C(=N)c2cc(N3CCN(C)CC3)ncn2)c1. The number of nitrogen functional groups attached to an aromatic ring is 1. The van der Waals surface area contributed by atoms with Crippen molar-refractivity contribution in [1.29, 1.82) is 5.41 Å². The van der Waals surface area contributed by atoms with Crippen LogP contribution in [0, 0.1) is 5.41 Å². The summed E-state index contributed by atoms with van der Waals surface area (Å²) in [4.78, 5) is 13.2. The third-order valence-electron chi connectivity index (χ3n) is 4.40. The molecule has 1 aliphatic heterocycles. The summed E-state index contributed by atoms with van der Waals surface area (Å²) in [5.74, 6) is 1.54. The van der Waals surface area contributed by atoms with E-state index in [-0.39, 0.29) is 11.8 Å². The highest BCUT2D eigenvalue weighted by Gasteiger charge is 2.18. The minimum Gasteiger partial charge on any atom is -0.491 e. The van der Waals surface area contributed by atoms with Gasteiger partial charge in [0.25, 0.3) is 0 Å². The van der Waals surface area contributed by atoms with E-state index in [2.05, 4.69) is 26.8 Å². The zero-order valence-electron chi connectivity index (χ0n) is 15.6. The Hall–Kier alpha value is -2.67. The van der Waals surface area contributed by atoms with Gasteiger partial charge >= 0.3 is 0 Å². The molecule has 138 valence electrons. The van der Waals surface area contributed by atoms with E-state index in [1.807, 2.05) is 26.0 Å². The van der Waals surface area contributed by atoms with Crippen LogP contribution < -0.4 is 15.4 Å². The van der Waals surface area contributed by atoms with Crippen molar-refractivity contribution in [3.8, 4) is 5.75 Å². The maximum absolute atomic E-state index is 8.58. The highest BCUT2D eigenvalue weighted by atomic mass is 16.5. The van der Waals surface area contributed by atoms with Crippen LogP contribution in [0.25, 0.3) is 0 Å². The fourth-order valence-electron chi connectivity index (χ4n) is 2.93. The number of likely N-dealkylation sites (N-methyl/N-ethyl adjacent to an activating group) is 1. The number of hydrogen-bond donors (Lipinski definition) is 2. The molecular formula is C19H26N6O. The van der Waals surface area contributed by atoms with Crippen LogP contribution >= 0.6 is 0 Å².